The molecule has 0 aromatic carbocycles. The van der Waals surface area contributed by atoms with Gasteiger partial charge in [0.2, 0.25) is 0 Å². The Morgan fingerprint density at radius 3 is 2.56 bits per heavy atom. The van der Waals surface area contributed by atoms with Gasteiger partial charge in [-0.2, -0.15) is 5.10 Å². The van der Waals surface area contributed by atoms with Gasteiger partial charge in [-0.3, -0.25) is 4.68 Å². The number of nitrogens with zero attached hydrogens (tertiary/aromatic N) is 2. The van der Waals surface area contributed by atoms with Gasteiger partial charge in [-0.15, -0.1) is 0 Å². The smallest absolute Gasteiger partial charge is 0.0521 e. The molecule has 1 heterocycles. The Labute approximate surface area is 112 Å². The molecule has 0 saturated heterocycles. The lowest BCUT2D eigenvalue weighted by Gasteiger charge is -2.31. The Kier molecular flexibility index (Phi) is 5.86. The monoisotopic (exact) mass is 251 g/mol. The van der Waals surface area contributed by atoms with E-state index in [0.29, 0.717) is 11.5 Å². The van der Waals surface area contributed by atoms with Crippen LogP contribution in [0.15, 0.2) is 12.4 Å². The molecule has 0 amide bonds. The first-order chi connectivity index (χ1) is 8.47. The molecular formula is C15H29N3. The third-order valence-corrected chi connectivity index (χ3v) is 3.46. The Hall–Kier alpha value is -0.830. The molecule has 0 aliphatic carbocycles. The number of rotatable bonds is 7. The van der Waals surface area contributed by atoms with Crippen LogP contribution in [0, 0.1) is 5.41 Å². The van der Waals surface area contributed by atoms with E-state index in [1.807, 2.05) is 10.9 Å². The van der Waals surface area contributed by atoms with Crippen molar-refractivity contribution in [2.45, 2.75) is 66.5 Å². The highest BCUT2D eigenvalue weighted by molar-refractivity contribution is 5.03. The summed E-state index contributed by atoms with van der Waals surface area (Å²) in [5.41, 5.74) is 1.70. The first-order valence-corrected chi connectivity index (χ1v) is 7.22. The summed E-state index contributed by atoms with van der Waals surface area (Å²) in [6, 6.07) is 0.601. The summed E-state index contributed by atoms with van der Waals surface area (Å²) in [4.78, 5) is 0. The molecular weight excluding hydrogens is 222 g/mol. The van der Waals surface area contributed by atoms with E-state index in [1.165, 1.54) is 18.4 Å². The second kappa shape index (κ2) is 6.93. The summed E-state index contributed by atoms with van der Waals surface area (Å²) in [6.45, 7) is 13.3. The van der Waals surface area contributed by atoms with Crippen LogP contribution >= 0.6 is 0 Å². The average molecular weight is 251 g/mol. The van der Waals surface area contributed by atoms with Crippen molar-refractivity contribution in [3.63, 3.8) is 0 Å². The molecule has 0 radical (unpaired) electrons. The van der Waals surface area contributed by atoms with E-state index >= 15 is 0 Å². The Bertz CT molecular complexity index is 336. The number of hydrogen-bond acceptors (Lipinski definition) is 2. The molecule has 1 atom stereocenters. The standard InChI is InChI=1S/C15H29N3/c1-6-16-14(15(3,4)5)10-8-9-13-11-17-18(7-2)12-13/h11-12,14,16H,6-10H2,1-5H3. The number of hydrogen-bond donors (Lipinski definition) is 1. The van der Waals surface area contributed by atoms with Crippen molar-refractivity contribution in [2.24, 2.45) is 5.41 Å². The zero-order valence-corrected chi connectivity index (χ0v) is 12.7. The van der Waals surface area contributed by atoms with E-state index in [1.54, 1.807) is 0 Å². The first-order valence-electron chi connectivity index (χ1n) is 7.22. The van der Waals surface area contributed by atoms with Crippen LogP contribution in [0.1, 0.15) is 53.0 Å². The van der Waals surface area contributed by atoms with Gasteiger partial charge in [0.25, 0.3) is 0 Å². The minimum absolute atomic E-state index is 0.337. The lowest BCUT2D eigenvalue weighted by molar-refractivity contribution is 0.254. The van der Waals surface area contributed by atoms with Crippen molar-refractivity contribution in [1.29, 1.82) is 0 Å². The molecule has 104 valence electrons. The Morgan fingerprint density at radius 2 is 2.06 bits per heavy atom. The van der Waals surface area contributed by atoms with Crippen molar-refractivity contribution < 1.29 is 0 Å². The van der Waals surface area contributed by atoms with Gasteiger partial charge in [-0.1, -0.05) is 27.7 Å². The molecule has 3 nitrogen and oxygen atoms in total. The highest BCUT2D eigenvalue weighted by Gasteiger charge is 2.22. The third kappa shape index (κ3) is 4.81. The SMILES string of the molecule is CCNC(CCCc1cnn(CC)c1)C(C)(C)C. The van der Waals surface area contributed by atoms with Crippen LogP contribution in [-0.2, 0) is 13.0 Å². The molecule has 1 aromatic heterocycles. The average Bonchev–Trinajstić information content (AvgIpc) is 2.74. The lowest BCUT2D eigenvalue weighted by Crippen LogP contribution is -2.40. The zero-order valence-electron chi connectivity index (χ0n) is 12.7. The summed E-state index contributed by atoms with van der Waals surface area (Å²) in [5.74, 6) is 0. The number of aromatic nitrogens is 2. The van der Waals surface area contributed by atoms with Crippen molar-refractivity contribution in [3.05, 3.63) is 18.0 Å². The van der Waals surface area contributed by atoms with Crippen molar-refractivity contribution >= 4 is 0 Å². The van der Waals surface area contributed by atoms with Crippen molar-refractivity contribution in [1.82, 2.24) is 15.1 Å². The van der Waals surface area contributed by atoms with Gasteiger partial charge in [0, 0.05) is 18.8 Å². The fraction of sp³-hybridized carbons (Fsp3) is 0.800. The molecule has 0 aliphatic heterocycles. The molecule has 1 aromatic rings. The summed E-state index contributed by atoms with van der Waals surface area (Å²) < 4.78 is 2.00. The largest absolute Gasteiger partial charge is 0.314 e. The topological polar surface area (TPSA) is 29.9 Å². The van der Waals surface area contributed by atoms with Gasteiger partial charge in [0.15, 0.2) is 0 Å². The normalized spacial score (nSPS) is 13.8. The molecule has 0 aliphatic rings. The highest BCUT2D eigenvalue weighted by Crippen LogP contribution is 2.23. The van der Waals surface area contributed by atoms with Crippen LogP contribution < -0.4 is 5.32 Å². The number of aryl methyl sites for hydroxylation is 2. The molecule has 0 bridgehead atoms. The van der Waals surface area contributed by atoms with Gasteiger partial charge in [-0.25, -0.2) is 0 Å². The van der Waals surface area contributed by atoms with E-state index in [2.05, 4.69) is 51.2 Å². The maximum atomic E-state index is 4.32. The van der Waals surface area contributed by atoms with Crippen LogP contribution in [0.4, 0.5) is 0 Å². The van der Waals surface area contributed by atoms with Crippen LogP contribution in [0.5, 0.6) is 0 Å². The van der Waals surface area contributed by atoms with Gasteiger partial charge in [0.1, 0.15) is 0 Å². The fourth-order valence-electron chi connectivity index (χ4n) is 2.31. The molecule has 18 heavy (non-hydrogen) atoms. The predicted octanol–water partition coefficient (Wildman–Crippen LogP) is 3.25. The van der Waals surface area contributed by atoms with Gasteiger partial charge in [-0.05, 0) is 43.7 Å². The molecule has 3 heteroatoms. The summed E-state index contributed by atoms with van der Waals surface area (Å²) in [6.07, 6.45) is 7.76. The van der Waals surface area contributed by atoms with E-state index in [0.717, 1.165) is 19.5 Å². The summed E-state index contributed by atoms with van der Waals surface area (Å²) in [5, 5.41) is 7.92. The minimum Gasteiger partial charge on any atom is -0.314 e. The van der Waals surface area contributed by atoms with Crippen LogP contribution in [0.3, 0.4) is 0 Å². The quantitative estimate of drug-likeness (QED) is 0.806. The van der Waals surface area contributed by atoms with E-state index in [9.17, 15) is 0 Å². The van der Waals surface area contributed by atoms with Gasteiger partial charge in [0.05, 0.1) is 6.20 Å². The maximum Gasteiger partial charge on any atom is 0.0521 e. The maximum absolute atomic E-state index is 4.32. The predicted molar refractivity (Wildman–Crippen MR) is 77.8 cm³/mol. The fourth-order valence-corrected chi connectivity index (χ4v) is 2.31. The molecule has 0 fully saturated rings. The summed E-state index contributed by atoms with van der Waals surface area (Å²) in [7, 11) is 0. The molecule has 1 N–H and O–H groups in total. The van der Waals surface area contributed by atoms with Gasteiger partial charge >= 0.3 is 0 Å². The highest BCUT2D eigenvalue weighted by atomic mass is 15.3. The van der Waals surface area contributed by atoms with Crippen molar-refractivity contribution in [3.8, 4) is 0 Å². The van der Waals surface area contributed by atoms with E-state index in [4.69, 9.17) is 0 Å². The second-order valence-electron chi connectivity index (χ2n) is 6.07. The van der Waals surface area contributed by atoms with Crippen LogP contribution in [0.2, 0.25) is 0 Å². The number of nitrogens with one attached hydrogen (secondary N) is 1. The molecule has 1 rings (SSSR count). The zero-order chi connectivity index (χ0) is 13.6. The van der Waals surface area contributed by atoms with Crippen LogP contribution in [-0.4, -0.2) is 22.4 Å². The second-order valence-corrected chi connectivity index (χ2v) is 6.07. The van der Waals surface area contributed by atoms with E-state index < -0.39 is 0 Å². The third-order valence-electron chi connectivity index (χ3n) is 3.46. The first kappa shape index (κ1) is 15.2. The van der Waals surface area contributed by atoms with E-state index in [-0.39, 0.29) is 0 Å². The Morgan fingerprint density at radius 1 is 1.33 bits per heavy atom. The Balaban J connectivity index is 2.38. The molecule has 0 spiro atoms. The van der Waals surface area contributed by atoms with Crippen molar-refractivity contribution in [2.75, 3.05) is 6.54 Å². The summed E-state index contributed by atoms with van der Waals surface area (Å²) >= 11 is 0. The molecule has 0 saturated carbocycles. The molecule has 1 unspecified atom stereocenters. The van der Waals surface area contributed by atoms with Crippen LogP contribution in [0.25, 0.3) is 0 Å². The minimum atomic E-state index is 0.337. The lowest BCUT2D eigenvalue weighted by atomic mass is 9.83. The van der Waals surface area contributed by atoms with Gasteiger partial charge < -0.3 is 5.32 Å².